The molecule has 3 N–H and O–H groups in total. The molecular weight excluding hydrogens is 596 g/mol. The van der Waals surface area contributed by atoms with Crippen LogP contribution in [0.4, 0.5) is 0 Å². The lowest BCUT2D eigenvalue weighted by atomic mass is 9.42. The zero-order valence-corrected chi connectivity index (χ0v) is 27.5. The number of carbonyl (C=O) groups excluding carboxylic acids is 3. The van der Waals surface area contributed by atoms with Crippen molar-refractivity contribution in [3.05, 3.63) is 11.6 Å². The predicted octanol–water partition coefficient (Wildman–Crippen LogP) is 3.00. The van der Waals surface area contributed by atoms with Crippen LogP contribution in [0, 0.1) is 34.5 Å². The fraction of sp³-hybridized carbons (Fsp3) is 0.857. The second-order valence-corrected chi connectivity index (χ2v) is 15.4. The number of cyclic esters (lactones) is 1. The Morgan fingerprint density at radius 2 is 1.85 bits per heavy atom. The first-order valence-electron chi connectivity index (χ1n) is 17.3. The van der Waals surface area contributed by atoms with E-state index in [1.807, 2.05) is 6.92 Å². The Hall–Kier alpha value is -1.73. The number of rotatable bonds is 10. The van der Waals surface area contributed by atoms with Gasteiger partial charge >= 0.3 is 5.97 Å². The van der Waals surface area contributed by atoms with Crippen LogP contribution in [0.5, 0.6) is 0 Å². The van der Waals surface area contributed by atoms with E-state index in [4.69, 9.17) is 23.7 Å². The third kappa shape index (κ3) is 5.71. The van der Waals surface area contributed by atoms with Gasteiger partial charge < -0.3 is 48.6 Å². The van der Waals surface area contributed by atoms with E-state index in [-0.39, 0.29) is 54.7 Å². The Balaban J connectivity index is 1.08. The minimum Gasteiger partial charge on any atom is -0.458 e. The molecule has 0 radical (unpaired) electrons. The van der Waals surface area contributed by atoms with Gasteiger partial charge in [0.2, 0.25) is 0 Å². The number of aliphatic hydroxyl groups excluding tert-OH is 2. The molecule has 6 rings (SSSR count). The summed E-state index contributed by atoms with van der Waals surface area (Å²) in [4.78, 5) is 34.0. The van der Waals surface area contributed by atoms with E-state index in [0.717, 1.165) is 44.1 Å². The van der Waals surface area contributed by atoms with Crippen LogP contribution in [0.3, 0.4) is 0 Å². The van der Waals surface area contributed by atoms with E-state index in [2.05, 4.69) is 6.92 Å². The Bertz CT molecular complexity index is 1180. The lowest BCUT2D eigenvalue weighted by molar-refractivity contribution is -0.301. The maximum Gasteiger partial charge on any atom is 0.331 e. The molecule has 2 heterocycles. The van der Waals surface area contributed by atoms with E-state index in [9.17, 15) is 29.7 Å². The highest BCUT2D eigenvalue weighted by atomic mass is 16.7. The van der Waals surface area contributed by atoms with Gasteiger partial charge in [0.25, 0.3) is 0 Å². The van der Waals surface area contributed by atoms with Gasteiger partial charge in [0.1, 0.15) is 31.4 Å². The Kier molecular flexibility index (Phi) is 9.61. The summed E-state index contributed by atoms with van der Waals surface area (Å²) in [6.45, 7) is 7.98. The van der Waals surface area contributed by atoms with Crippen LogP contribution < -0.4 is 0 Å². The summed E-state index contributed by atoms with van der Waals surface area (Å²) >= 11 is 0. The quantitative estimate of drug-likeness (QED) is 0.138. The molecule has 4 aliphatic carbocycles. The summed E-state index contributed by atoms with van der Waals surface area (Å²) in [5.41, 5.74) is -0.866. The van der Waals surface area contributed by atoms with Gasteiger partial charge in [0.05, 0.1) is 36.4 Å². The summed E-state index contributed by atoms with van der Waals surface area (Å²) in [6, 6.07) is 0. The molecule has 11 heteroatoms. The van der Waals surface area contributed by atoms with E-state index in [0.29, 0.717) is 31.3 Å². The molecule has 0 aromatic carbocycles. The van der Waals surface area contributed by atoms with Gasteiger partial charge in [0.15, 0.2) is 12.6 Å². The van der Waals surface area contributed by atoms with E-state index >= 15 is 0 Å². The first-order valence-corrected chi connectivity index (χ1v) is 17.3. The molecule has 7 unspecified atom stereocenters. The zero-order valence-electron chi connectivity index (χ0n) is 27.5. The van der Waals surface area contributed by atoms with Crippen molar-refractivity contribution >= 4 is 18.5 Å². The lowest BCUT2D eigenvalue weighted by Gasteiger charge is -2.65. The molecule has 15 atom stereocenters. The third-order valence-electron chi connectivity index (χ3n) is 13.2. The largest absolute Gasteiger partial charge is 0.458 e. The van der Waals surface area contributed by atoms with Crippen LogP contribution in [-0.2, 0) is 38.1 Å². The van der Waals surface area contributed by atoms with Gasteiger partial charge in [0, 0.05) is 17.9 Å². The molecule has 258 valence electrons. The number of hydrogen-bond donors (Lipinski definition) is 3. The normalized spacial score (nSPS) is 48.3. The Labute approximate surface area is 271 Å². The minimum absolute atomic E-state index is 0.0411. The highest BCUT2D eigenvalue weighted by molar-refractivity contribution is 5.85. The van der Waals surface area contributed by atoms with E-state index in [1.165, 1.54) is 0 Å². The standard InChI is InChI=1S/C35H52O11/c1-19(17-37)43-30(9-12-36)46-32-20(2)44-31(16-27(32)38)45-23-7-10-33(3)22(14-23)5-6-25-26(33)15-28(39)34(4)24(8-11-35(25,34)41)21-13-29(40)42-18-21/h12-13,17,19-20,22-28,30-32,38-39,41H,5-11,14-16,18H2,1-4H3/t19?,20?,22-,23?,24-,25-,26+,27?,28-,30?,31?,32?,33+,34+,35+/m1/s1. The number of ether oxygens (including phenoxy) is 5. The number of hydrogen-bond acceptors (Lipinski definition) is 11. The van der Waals surface area contributed by atoms with Crippen LogP contribution in [0.15, 0.2) is 11.6 Å². The summed E-state index contributed by atoms with van der Waals surface area (Å²) < 4.78 is 29.2. The van der Waals surface area contributed by atoms with Crippen molar-refractivity contribution in [1.82, 2.24) is 0 Å². The van der Waals surface area contributed by atoms with Crippen molar-refractivity contribution in [2.75, 3.05) is 6.61 Å². The van der Waals surface area contributed by atoms with Crippen LogP contribution in [0.25, 0.3) is 0 Å². The van der Waals surface area contributed by atoms with E-state index < -0.39 is 54.1 Å². The van der Waals surface area contributed by atoms with Gasteiger partial charge in [-0.3, -0.25) is 0 Å². The molecule has 0 aromatic rings. The lowest BCUT2D eigenvalue weighted by Crippen LogP contribution is -2.67. The monoisotopic (exact) mass is 648 g/mol. The van der Waals surface area contributed by atoms with Gasteiger partial charge in [-0.05, 0) is 99.9 Å². The van der Waals surface area contributed by atoms with Crippen molar-refractivity contribution in [2.24, 2.45) is 34.5 Å². The molecule has 11 nitrogen and oxygen atoms in total. The second kappa shape index (κ2) is 12.9. The highest BCUT2D eigenvalue weighted by Gasteiger charge is 2.70. The zero-order chi connectivity index (χ0) is 33.0. The molecule has 1 saturated heterocycles. The molecule has 0 aromatic heterocycles. The van der Waals surface area contributed by atoms with Crippen LogP contribution in [0.1, 0.15) is 91.9 Å². The first kappa shape index (κ1) is 34.1. The van der Waals surface area contributed by atoms with Gasteiger partial charge in [-0.25, -0.2) is 4.79 Å². The molecule has 5 fully saturated rings. The third-order valence-corrected chi connectivity index (χ3v) is 13.2. The van der Waals surface area contributed by atoms with Crippen LogP contribution >= 0.6 is 0 Å². The SMILES string of the molecule is CC(C=O)OC(CC=O)OC1C(O)CC(OC2CC[C@@]3(C)[C@H](CC[C@@H]4[C@@H]3C[C@@H](O)[C@]3(C)[C@@H](C5=CC(=O)OC5)CC[C@]43O)C2)OC1C. The molecular formula is C35H52O11. The van der Waals surface area contributed by atoms with Crippen LogP contribution in [-0.4, -0.2) is 95.3 Å². The average molecular weight is 649 g/mol. The fourth-order valence-corrected chi connectivity index (χ4v) is 10.7. The molecule has 2 aliphatic heterocycles. The molecule has 0 amide bonds. The predicted molar refractivity (Wildman–Crippen MR) is 163 cm³/mol. The molecule has 0 spiro atoms. The van der Waals surface area contributed by atoms with E-state index in [1.54, 1.807) is 19.9 Å². The Morgan fingerprint density at radius 3 is 2.52 bits per heavy atom. The molecule has 6 aliphatic rings. The second-order valence-electron chi connectivity index (χ2n) is 15.4. The van der Waals surface area contributed by atoms with Crippen molar-refractivity contribution in [1.29, 1.82) is 0 Å². The van der Waals surface area contributed by atoms with Gasteiger partial charge in [-0.2, -0.15) is 0 Å². The first-order chi connectivity index (χ1) is 21.8. The smallest absolute Gasteiger partial charge is 0.331 e. The summed E-state index contributed by atoms with van der Waals surface area (Å²) in [6.07, 6.45) is 4.22. The number of aldehydes is 2. The van der Waals surface area contributed by atoms with Crippen molar-refractivity contribution in [2.45, 2.75) is 147 Å². The highest BCUT2D eigenvalue weighted by Crippen LogP contribution is 2.70. The topological polar surface area (TPSA) is 158 Å². The van der Waals surface area contributed by atoms with Crippen molar-refractivity contribution in [3.8, 4) is 0 Å². The summed E-state index contributed by atoms with van der Waals surface area (Å²) in [5.74, 6) is 0.231. The fourth-order valence-electron chi connectivity index (χ4n) is 10.7. The van der Waals surface area contributed by atoms with Crippen LogP contribution in [0.2, 0.25) is 0 Å². The average Bonchev–Trinajstić information content (AvgIpc) is 3.56. The number of esters is 1. The summed E-state index contributed by atoms with van der Waals surface area (Å²) in [5, 5.41) is 35.3. The van der Waals surface area contributed by atoms with Gasteiger partial charge in [-0.15, -0.1) is 0 Å². The minimum atomic E-state index is -1.00. The van der Waals surface area contributed by atoms with Crippen molar-refractivity contribution < 1.29 is 53.4 Å². The summed E-state index contributed by atoms with van der Waals surface area (Å²) in [7, 11) is 0. The molecule has 4 saturated carbocycles. The molecule has 46 heavy (non-hydrogen) atoms. The maximum atomic E-state index is 12.5. The Morgan fingerprint density at radius 1 is 1.07 bits per heavy atom. The maximum absolute atomic E-state index is 12.5. The number of fused-ring (bicyclic) bond motifs is 5. The number of aliphatic hydroxyl groups is 3. The molecule has 0 bridgehead atoms. The number of carbonyl (C=O) groups is 3. The van der Waals surface area contributed by atoms with Gasteiger partial charge in [-0.1, -0.05) is 13.8 Å². The van der Waals surface area contributed by atoms with Crippen molar-refractivity contribution in [3.63, 3.8) is 0 Å².